The second kappa shape index (κ2) is 10.3. The van der Waals surface area contributed by atoms with Gasteiger partial charge in [-0.15, -0.1) is 0 Å². The smallest absolute Gasteiger partial charge is 0.344 e. The Morgan fingerprint density at radius 1 is 1.08 bits per heavy atom. The van der Waals surface area contributed by atoms with Crippen LogP contribution < -0.4 is 19.5 Å². The van der Waals surface area contributed by atoms with Gasteiger partial charge in [-0.1, -0.05) is 12.1 Å². The van der Waals surface area contributed by atoms with Crippen LogP contribution in [0.15, 0.2) is 48.5 Å². The van der Waals surface area contributed by atoms with Gasteiger partial charge in [-0.2, -0.15) is 0 Å². The van der Waals surface area contributed by atoms with Crippen LogP contribution in [0, 0.1) is 0 Å². The maximum Gasteiger partial charge on any atom is 0.344 e. The first kappa shape index (κ1) is 19.6. The molecule has 26 heavy (non-hydrogen) atoms. The lowest BCUT2D eigenvalue weighted by atomic mass is 10.1. The highest BCUT2D eigenvalue weighted by atomic mass is 16.5. The van der Waals surface area contributed by atoms with Gasteiger partial charge >= 0.3 is 5.97 Å². The van der Waals surface area contributed by atoms with Crippen LogP contribution in [-0.2, 0) is 11.2 Å². The molecule has 2 aromatic carbocycles. The topological polar surface area (TPSA) is 77.0 Å². The molecule has 0 saturated heterocycles. The fourth-order valence-corrected chi connectivity index (χ4v) is 2.30. The SMILES string of the molecule is COc1ccc(OCCNCCc2cccc(OC(C)C(=O)O)c2)cc1. The Morgan fingerprint density at radius 3 is 2.50 bits per heavy atom. The molecule has 0 aliphatic carbocycles. The van der Waals surface area contributed by atoms with Crippen LogP contribution in [0.2, 0.25) is 0 Å². The number of aliphatic carboxylic acids is 1. The van der Waals surface area contributed by atoms with Crippen LogP contribution >= 0.6 is 0 Å². The maximum absolute atomic E-state index is 10.8. The van der Waals surface area contributed by atoms with E-state index in [9.17, 15) is 4.79 Å². The summed E-state index contributed by atoms with van der Waals surface area (Å²) in [7, 11) is 1.63. The van der Waals surface area contributed by atoms with Crippen molar-refractivity contribution in [2.24, 2.45) is 0 Å². The fourth-order valence-electron chi connectivity index (χ4n) is 2.30. The highest BCUT2D eigenvalue weighted by Crippen LogP contribution is 2.17. The molecule has 0 fully saturated rings. The van der Waals surface area contributed by atoms with Crippen molar-refractivity contribution in [2.45, 2.75) is 19.4 Å². The van der Waals surface area contributed by atoms with E-state index < -0.39 is 12.1 Å². The first-order valence-electron chi connectivity index (χ1n) is 8.54. The van der Waals surface area contributed by atoms with Gasteiger partial charge in [0.2, 0.25) is 0 Å². The van der Waals surface area contributed by atoms with Crippen LogP contribution in [0.1, 0.15) is 12.5 Å². The van der Waals surface area contributed by atoms with E-state index in [-0.39, 0.29) is 0 Å². The van der Waals surface area contributed by atoms with E-state index in [4.69, 9.17) is 19.3 Å². The molecule has 0 bridgehead atoms. The zero-order valence-electron chi connectivity index (χ0n) is 15.1. The van der Waals surface area contributed by atoms with Gasteiger partial charge in [-0.25, -0.2) is 4.79 Å². The number of nitrogens with one attached hydrogen (secondary N) is 1. The highest BCUT2D eigenvalue weighted by Gasteiger charge is 2.12. The van der Waals surface area contributed by atoms with Crippen LogP contribution in [-0.4, -0.2) is 44.0 Å². The summed E-state index contributed by atoms with van der Waals surface area (Å²) in [5, 5.41) is 12.2. The third kappa shape index (κ3) is 6.64. The van der Waals surface area contributed by atoms with Gasteiger partial charge in [0, 0.05) is 6.54 Å². The molecule has 0 heterocycles. The zero-order valence-corrected chi connectivity index (χ0v) is 15.1. The minimum atomic E-state index is -0.978. The van der Waals surface area contributed by atoms with Crippen LogP contribution in [0.5, 0.6) is 17.2 Å². The summed E-state index contributed by atoms with van der Waals surface area (Å²) in [6.45, 7) is 3.62. The largest absolute Gasteiger partial charge is 0.497 e. The standard InChI is InChI=1S/C20H25NO5/c1-15(20(22)23)26-19-5-3-4-16(14-19)10-11-21-12-13-25-18-8-6-17(24-2)7-9-18/h3-9,14-15,21H,10-13H2,1-2H3,(H,22,23). The normalized spacial score (nSPS) is 11.6. The van der Waals surface area contributed by atoms with Crippen molar-refractivity contribution in [2.75, 3.05) is 26.8 Å². The van der Waals surface area contributed by atoms with Crippen molar-refractivity contribution < 1.29 is 24.1 Å². The van der Waals surface area contributed by atoms with E-state index >= 15 is 0 Å². The minimum Gasteiger partial charge on any atom is -0.497 e. The van der Waals surface area contributed by atoms with Crippen molar-refractivity contribution >= 4 is 5.97 Å². The summed E-state index contributed by atoms with van der Waals surface area (Å²) in [4.78, 5) is 10.8. The predicted octanol–water partition coefficient (Wildman–Crippen LogP) is 2.76. The average molecular weight is 359 g/mol. The summed E-state index contributed by atoms with van der Waals surface area (Å²) in [6.07, 6.45) is -0.0419. The van der Waals surface area contributed by atoms with Crippen molar-refractivity contribution in [3.63, 3.8) is 0 Å². The second-order valence-corrected chi connectivity index (χ2v) is 5.77. The van der Waals surface area contributed by atoms with Crippen LogP contribution in [0.25, 0.3) is 0 Å². The molecule has 2 aromatic rings. The van der Waals surface area contributed by atoms with Crippen molar-refractivity contribution in [1.29, 1.82) is 0 Å². The molecule has 1 unspecified atom stereocenters. The molecule has 0 aromatic heterocycles. The quantitative estimate of drug-likeness (QED) is 0.601. The van der Waals surface area contributed by atoms with E-state index in [0.29, 0.717) is 12.4 Å². The Morgan fingerprint density at radius 2 is 1.81 bits per heavy atom. The molecule has 0 aliphatic heterocycles. The number of carboxylic acid groups (broad SMARTS) is 1. The van der Waals surface area contributed by atoms with Crippen molar-refractivity contribution in [1.82, 2.24) is 5.32 Å². The van der Waals surface area contributed by atoms with Crippen LogP contribution in [0.3, 0.4) is 0 Å². The molecule has 2 rings (SSSR count). The Balaban J connectivity index is 1.65. The average Bonchev–Trinajstić information content (AvgIpc) is 2.65. The summed E-state index contributed by atoms with van der Waals surface area (Å²) in [5.74, 6) is 1.21. The van der Waals surface area contributed by atoms with Gasteiger partial charge in [0.1, 0.15) is 23.9 Å². The van der Waals surface area contributed by atoms with Gasteiger partial charge in [0.05, 0.1) is 7.11 Å². The molecule has 140 valence electrons. The number of hydrogen-bond acceptors (Lipinski definition) is 5. The van der Waals surface area contributed by atoms with Crippen LogP contribution in [0.4, 0.5) is 0 Å². The van der Waals surface area contributed by atoms with Crippen molar-refractivity contribution in [3.05, 3.63) is 54.1 Å². The molecular formula is C20H25NO5. The molecule has 0 spiro atoms. The van der Waals surface area contributed by atoms with Crippen molar-refractivity contribution in [3.8, 4) is 17.2 Å². The number of carbonyl (C=O) groups is 1. The fraction of sp³-hybridized carbons (Fsp3) is 0.350. The lowest BCUT2D eigenvalue weighted by Crippen LogP contribution is -2.24. The lowest BCUT2D eigenvalue weighted by Gasteiger charge is -2.12. The van der Waals surface area contributed by atoms with E-state index in [1.54, 1.807) is 13.2 Å². The zero-order chi connectivity index (χ0) is 18.8. The third-order valence-electron chi connectivity index (χ3n) is 3.76. The van der Waals surface area contributed by atoms with E-state index in [1.807, 2.05) is 42.5 Å². The van der Waals surface area contributed by atoms with Gasteiger partial charge in [0.25, 0.3) is 0 Å². The Kier molecular flexibility index (Phi) is 7.76. The molecule has 6 heteroatoms. The number of benzene rings is 2. The Labute approximate surface area is 153 Å². The van der Waals surface area contributed by atoms with Gasteiger partial charge in [0.15, 0.2) is 6.10 Å². The predicted molar refractivity (Wildman–Crippen MR) is 99.2 cm³/mol. The number of rotatable bonds is 11. The number of methoxy groups -OCH3 is 1. The number of carboxylic acids is 1. The van der Waals surface area contributed by atoms with E-state index in [1.165, 1.54) is 6.92 Å². The molecule has 1 atom stereocenters. The molecule has 0 saturated carbocycles. The lowest BCUT2D eigenvalue weighted by molar-refractivity contribution is -0.144. The first-order valence-corrected chi connectivity index (χ1v) is 8.54. The number of hydrogen-bond donors (Lipinski definition) is 2. The second-order valence-electron chi connectivity index (χ2n) is 5.77. The summed E-state index contributed by atoms with van der Waals surface area (Å²) >= 11 is 0. The Bertz CT molecular complexity index is 687. The molecule has 0 aliphatic rings. The van der Waals surface area contributed by atoms with E-state index in [0.717, 1.165) is 36.6 Å². The summed E-state index contributed by atoms with van der Waals surface area (Å²) in [6, 6.07) is 15.0. The molecule has 6 nitrogen and oxygen atoms in total. The monoisotopic (exact) mass is 359 g/mol. The maximum atomic E-state index is 10.8. The van der Waals surface area contributed by atoms with Gasteiger partial charge in [-0.3, -0.25) is 0 Å². The summed E-state index contributed by atoms with van der Waals surface area (Å²) < 4.78 is 16.1. The van der Waals surface area contributed by atoms with Gasteiger partial charge in [-0.05, 0) is 61.9 Å². The molecule has 0 amide bonds. The van der Waals surface area contributed by atoms with Gasteiger partial charge < -0.3 is 24.6 Å². The number of ether oxygens (including phenoxy) is 3. The first-order chi connectivity index (χ1) is 12.6. The molecule has 2 N–H and O–H groups in total. The highest BCUT2D eigenvalue weighted by molar-refractivity contribution is 5.72. The molecular weight excluding hydrogens is 334 g/mol. The van der Waals surface area contributed by atoms with E-state index in [2.05, 4.69) is 5.32 Å². The third-order valence-corrected chi connectivity index (χ3v) is 3.76. The minimum absolute atomic E-state index is 0.570. The summed E-state index contributed by atoms with van der Waals surface area (Å²) in [5.41, 5.74) is 1.09. The Hall–Kier alpha value is -2.73. The molecule has 0 radical (unpaired) electrons.